The highest BCUT2D eigenvalue weighted by Crippen LogP contribution is 2.29. The van der Waals surface area contributed by atoms with E-state index in [4.69, 9.17) is 9.47 Å². The van der Waals surface area contributed by atoms with E-state index in [2.05, 4.69) is 0 Å². The maximum absolute atomic E-state index is 12.4. The van der Waals surface area contributed by atoms with Gasteiger partial charge in [0.15, 0.2) is 11.5 Å². The molecular formula is C17H15NO3S. The fourth-order valence-electron chi connectivity index (χ4n) is 1.99. The van der Waals surface area contributed by atoms with Crippen molar-refractivity contribution in [2.24, 2.45) is 0 Å². The van der Waals surface area contributed by atoms with Crippen LogP contribution in [0.15, 0.2) is 35.2 Å². The van der Waals surface area contributed by atoms with Crippen molar-refractivity contribution in [3.05, 3.63) is 51.2 Å². The van der Waals surface area contributed by atoms with Gasteiger partial charge in [-0.15, -0.1) is 11.3 Å². The van der Waals surface area contributed by atoms with Crippen LogP contribution in [0.25, 0.3) is 6.08 Å². The van der Waals surface area contributed by atoms with Gasteiger partial charge in [0.25, 0.3) is 0 Å². The lowest BCUT2D eigenvalue weighted by Crippen LogP contribution is -2.01. The number of aryl methyl sites for hydroxylation is 1. The second kappa shape index (κ2) is 6.92. The zero-order valence-corrected chi connectivity index (χ0v) is 13.4. The van der Waals surface area contributed by atoms with Crippen LogP contribution in [-0.4, -0.2) is 20.0 Å². The van der Waals surface area contributed by atoms with E-state index in [1.54, 1.807) is 31.4 Å². The molecule has 0 amide bonds. The fourth-order valence-corrected chi connectivity index (χ4v) is 2.86. The summed E-state index contributed by atoms with van der Waals surface area (Å²) in [6, 6.07) is 9.08. The molecular weight excluding hydrogens is 298 g/mol. The van der Waals surface area contributed by atoms with Crippen molar-refractivity contribution < 1.29 is 14.3 Å². The standard InChI is InChI=1S/C17H15NO3S/c1-11-6-7-22-17(11)16(19)13(10-18)8-12-4-5-14(20-2)15(9-12)21-3/h4-9H,1-3H3/b13-8-. The molecule has 5 heteroatoms. The topological polar surface area (TPSA) is 59.3 Å². The number of carbonyl (C=O) groups excluding carboxylic acids is 1. The molecule has 0 radical (unpaired) electrons. The highest BCUT2D eigenvalue weighted by atomic mass is 32.1. The maximum Gasteiger partial charge on any atom is 0.213 e. The van der Waals surface area contributed by atoms with Gasteiger partial charge < -0.3 is 9.47 Å². The second-order valence-electron chi connectivity index (χ2n) is 4.55. The minimum Gasteiger partial charge on any atom is -0.493 e. The van der Waals surface area contributed by atoms with Crippen molar-refractivity contribution in [3.8, 4) is 17.6 Å². The molecule has 22 heavy (non-hydrogen) atoms. The minimum absolute atomic E-state index is 0.0952. The number of rotatable bonds is 5. The van der Waals surface area contributed by atoms with Crippen LogP contribution in [0.3, 0.4) is 0 Å². The molecule has 0 spiro atoms. The van der Waals surface area contributed by atoms with Gasteiger partial charge in [0.05, 0.1) is 19.1 Å². The van der Waals surface area contributed by atoms with E-state index in [1.165, 1.54) is 18.4 Å². The predicted octanol–water partition coefficient (Wildman–Crippen LogP) is 3.86. The van der Waals surface area contributed by atoms with Gasteiger partial charge in [-0.25, -0.2) is 0 Å². The van der Waals surface area contributed by atoms with Crippen molar-refractivity contribution >= 4 is 23.2 Å². The van der Waals surface area contributed by atoms with Crippen molar-refractivity contribution in [2.75, 3.05) is 14.2 Å². The molecule has 0 saturated carbocycles. The molecule has 1 heterocycles. The van der Waals surface area contributed by atoms with E-state index in [-0.39, 0.29) is 11.4 Å². The Hall–Kier alpha value is -2.58. The second-order valence-corrected chi connectivity index (χ2v) is 5.46. The SMILES string of the molecule is COc1ccc(/C=C(/C#N)C(=O)c2sccc2C)cc1OC. The molecule has 0 saturated heterocycles. The summed E-state index contributed by atoms with van der Waals surface area (Å²) in [5, 5.41) is 11.1. The summed E-state index contributed by atoms with van der Waals surface area (Å²) in [4.78, 5) is 13.0. The smallest absolute Gasteiger partial charge is 0.213 e. The maximum atomic E-state index is 12.4. The number of Topliss-reactive ketones (excluding diaryl/α,β-unsaturated/α-hetero) is 1. The largest absolute Gasteiger partial charge is 0.493 e. The molecule has 0 aliphatic rings. The molecule has 0 aliphatic carbocycles. The van der Waals surface area contributed by atoms with Gasteiger partial charge in [0, 0.05) is 0 Å². The molecule has 2 rings (SSSR count). The quantitative estimate of drug-likeness (QED) is 0.478. The molecule has 0 N–H and O–H groups in total. The van der Waals surface area contributed by atoms with Crippen LogP contribution in [-0.2, 0) is 0 Å². The summed E-state index contributed by atoms with van der Waals surface area (Å²) in [6.07, 6.45) is 1.56. The van der Waals surface area contributed by atoms with Crippen molar-refractivity contribution in [1.82, 2.24) is 0 Å². The lowest BCUT2D eigenvalue weighted by atomic mass is 10.1. The number of nitriles is 1. The normalized spacial score (nSPS) is 10.9. The Kier molecular flexibility index (Phi) is 4.97. The van der Waals surface area contributed by atoms with E-state index in [9.17, 15) is 10.1 Å². The van der Waals surface area contributed by atoms with E-state index in [0.29, 0.717) is 21.9 Å². The number of hydrogen-bond donors (Lipinski definition) is 0. The number of benzene rings is 1. The van der Waals surface area contributed by atoms with Crippen molar-refractivity contribution in [3.63, 3.8) is 0 Å². The van der Waals surface area contributed by atoms with Crippen LogP contribution in [0.1, 0.15) is 20.8 Å². The first-order valence-corrected chi connectivity index (χ1v) is 7.41. The van der Waals surface area contributed by atoms with Crippen LogP contribution >= 0.6 is 11.3 Å². The molecule has 1 aromatic carbocycles. The zero-order chi connectivity index (χ0) is 16.1. The summed E-state index contributed by atoms with van der Waals surface area (Å²) in [5.74, 6) is 0.886. The van der Waals surface area contributed by atoms with E-state index in [0.717, 1.165) is 5.56 Å². The fraction of sp³-hybridized carbons (Fsp3) is 0.176. The molecule has 0 bridgehead atoms. The molecule has 2 aromatic rings. The number of carbonyl (C=O) groups is 1. The summed E-state index contributed by atoms with van der Waals surface area (Å²) in [5.41, 5.74) is 1.68. The van der Waals surface area contributed by atoms with Crippen LogP contribution in [0, 0.1) is 18.3 Å². The van der Waals surface area contributed by atoms with E-state index >= 15 is 0 Å². The highest BCUT2D eigenvalue weighted by molar-refractivity contribution is 7.12. The van der Waals surface area contributed by atoms with Crippen molar-refractivity contribution in [2.45, 2.75) is 6.92 Å². The van der Waals surface area contributed by atoms with E-state index < -0.39 is 0 Å². The third kappa shape index (κ3) is 3.18. The predicted molar refractivity (Wildman–Crippen MR) is 86.5 cm³/mol. The Balaban J connectivity index is 2.40. The first-order chi connectivity index (χ1) is 10.6. The number of nitrogens with zero attached hydrogens (tertiary/aromatic N) is 1. The Bertz CT molecular complexity index is 768. The Morgan fingerprint density at radius 1 is 1.23 bits per heavy atom. The monoisotopic (exact) mass is 313 g/mol. The number of ketones is 1. The van der Waals surface area contributed by atoms with Crippen LogP contribution in [0.5, 0.6) is 11.5 Å². The van der Waals surface area contributed by atoms with Gasteiger partial charge in [-0.3, -0.25) is 4.79 Å². The number of methoxy groups -OCH3 is 2. The first-order valence-electron chi connectivity index (χ1n) is 6.53. The average Bonchev–Trinajstić information content (AvgIpc) is 2.97. The first kappa shape index (κ1) is 15.8. The molecule has 0 atom stereocenters. The molecule has 1 aromatic heterocycles. The Morgan fingerprint density at radius 2 is 1.95 bits per heavy atom. The van der Waals surface area contributed by atoms with Crippen LogP contribution in [0.4, 0.5) is 0 Å². The van der Waals surface area contributed by atoms with Gasteiger partial charge in [0.1, 0.15) is 11.6 Å². The third-order valence-electron chi connectivity index (χ3n) is 3.15. The lowest BCUT2D eigenvalue weighted by Gasteiger charge is -2.08. The number of allylic oxidation sites excluding steroid dienone is 1. The van der Waals surface area contributed by atoms with Gasteiger partial charge in [-0.2, -0.15) is 5.26 Å². The molecule has 0 unspecified atom stereocenters. The molecule has 112 valence electrons. The van der Waals surface area contributed by atoms with Gasteiger partial charge >= 0.3 is 0 Å². The molecule has 0 aliphatic heterocycles. The van der Waals surface area contributed by atoms with Gasteiger partial charge in [-0.05, 0) is 47.7 Å². The molecule has 0 fully saturated rings. The zero-order valence-electron chi connectivity index (χ0n) is 12.5. The summed E-state index contributed by atoms with van der Waals surface area (Å²) < 4.78 is 10.4. The lowest BCUT2D eigenvalue weighted by molar-refractivity contribution is 0.104. The number of thiophene rings is 1. The highest BCUT2D eigenvalue weighted by Gasteiger charge is 2.16. The number of ether oxygens (including phenoxy) is 2. The van der Waals surface area contributed by atoms with E-state index in [1.807, 2.05) is 24.4 Å². The van der Waals surface area contributed by atoms with Crippen LogP contribution in [0.2, 0.25) is 0 Å². The average molecular weight is 313 g/mol. The summed E-state index contributed by atoms with van der Waals surface area (Å²) in [7, 11) is 3.09. The minimum atomic E-state index is -0.259. The summed E-state index contributed by atoms with van der Waals surface area (Å²) in [6.45, 7) is 1.86. The van der Waals surface area contributed by atoms with Crippen LogP contribution < -0.4 is 9.47 Å². The number of hydrogen-bond acceptors (Lipinski definition) is 5. The Morgan fingerprint density at radius 3 is 2.50 bits per heavy atom. The third-order valence-corrected chi connectivity index (χ3v) is 4.17. The summed E-state index contributed by atoms with van der Waals surface area (Å²) >= 11 is 1.34. The van der Waals surface area contributed by atoms with Gasteiger partial charge in [-0.1, -0.05) is 6.07 Å². The molecule has 4 nitrogen and oxygen atoms in total. The Labute approximate surface area is 133 Å². The van der Waals surface area contributed by atoms with Gasteiger partial charge in [0.2, 0.25) is 5.78 Å². The van der Waals surface area contributed by atoms with Crippen molar-refractivity contribution in [1.29, 1.82) is 5.26 Å².